The number of hydrogen-bond acceptors (Lipinski definition) is 6. The Bertz CT molecular complexity index is 798. The molecule has 0 aliphatic carbocycles. The van der Waals surface area contributed by atoms with E-state index in [1.807, 2.05) is 13.0 Å². The van der Waals surface area contributed by atoms with Gasteiger partial charge in [-0.3, -0.25) is 9.78 Å². The van der Waals surface area contributed by atoms with Crippen LogP contribution in [0.15, 0.2) is 30.7 Å². The van der Waals surface area contributed by atoms with Gasteiger partial charge in [0.2, 0.25) is 0 Å². The van der Waals surface area contributed by atoms with E-state index >= 15 is 0 Å². The molecule has 0 aliphatic rings. The van der Waals surface area contributed by atoms with Crippen molar-refractivity contribution in [2.75, 3.05) is 11.1 Å². The number of thiophene rings is 1. The SMILES string of the molecule is Cc1cncc(NC(=O)c2sc3nnccc3c2N)c1. The molecule has 6 nitrogen and oxygen atoms in total. The number of fused-ring (bicyclic) bond motifs is 1. The Kier molecular flexibility index (Phi) is 3.03. The number of amides is 1. The van der Waals surface area contributed by atoms with Crippen LogP contribution in [0, 0.1) is 6.92 Å². The number of nitrogen functional groups attached to an aromatic ring is 1. The van der Waals surface area contributed by atoms with Crippen molar-refractivity contribution in [3.05, 3.63) is 41.2 Å². The zero-order chi connectivity index (χ0) is 14.1. The number of rotatable bonds is 2. The Labute approximate surface area is 118 Å². The lowest BCUT2D eigenvalue weighted by Gasteiger charge is -2.04. The number of anilines is 2. The molecule has 3 heterocycles. The first-order valence-electron chi connectivity index (χ1n) is 5.88. The molecule has 0 aromatic carbocycles. The van der Waals surface area contributed by atoms with Crippen molar-refractivity contribution < 1.29 is 4.79 Å². The van der Waals surface area contributed by atoms with Gasteiger partial charge < -0.3 is 11.1 Å². The van der Waals surface area contributed by atoms with E-state index < -0.39 is 0 Å². The van der Waals surface area contributed by atoms with Crippen LogP contribution < -0.4 is 11.1 Å². The Morgan fingerprint density at radius 1 is 1.40 bits per heavy atom. The standard InChI is InChI=1S/C13H11N5OS/c1-7-4-8(6-15-5-7)17-12(19)11-10(14)9-2-3-16-18-13(9)20-11/h2-6H,14H2,1H3,(H,17,19). The topological polar surface area (TPSA) is 93.8 Å². The molecule has 3 aromatic heterocycles. The van der Waals surface area contributed by atoms with E-state index in [1.165, 1.54) is 11.3 Å². The second kappa shape index (κ2) is 4.86. The average molecular weight is 285 g/mol. The van der Waals surface area contributed by atoms with Crippen LogP contribution in [0.4, 0.5) is 11.4 Å². The second-order valence-corrected chi connectivity index (χ2v) is 5.30. The van der Waals surface area contributed by atoms with Crippen molar-refractivity contribution in [2.24, 2.45) is 0 Å². The van der Waals surface area contributed by atoms with E-state index in [0.717, 1.165) is 10.9 Å². The van der Waals surface area contributed by atoms with Crippen molar-refractivity contribution in [3.8, 4) is 0 Å². The van der Waals surface area contributed by atoms with Gasteiger partial charge >= 0.3 is 0 Å². The fraction of sp³-hybridized carbons (Fsp3) is 0.0769. The molecule has 1 amide bonds. The van der Waals surface area contributed by atoms with E-state index in [1.54, 1.807) is 24.7 Å². The fourth-order valence-electron chi connectivity index (χ4n) is 1.85. The smallest absolute Gasteiger partial charge is 0.267 e. The Hall–Kier alpha value is -2.54. The van der Waals surface area contributed by atoms with Crippen LogP contribution in [0.2, 0.25) is 0 Å². The quantitative estimate of drug-likeness (QED) is 0.753. The highest BCUT2D eigenvalue weighted by molar-refractivity contribution is 7.21. The predicted octanol–water partition coefficient (Wildman–Crippen LogP) is 2.23. The number of carbonyl (C=O) groups is 1. The highest BCUT2D eigenvalue weighted by Gasteiger charge is 2.17. The summed E-state index contributed by atoms with van der Waals surface area (Å²) in [6, 6.07) is 3.59. The first-order chi connectivity index (χ1) is 9.65. The van der Waals surface area contributed by atoms with Gasteiger partial charge in [0.05, 0.1) is 23.8 Å². The van der Waals surface area contributed by atoms with Gasteiger partial charge in [-0.15, -0.1) is 16.4 Å². The molecule has 0 radical (unpaired) electrons. The molecule has 3 rings (SSSR count). The Balaban J connectivity index is 1.95. The number of nitrogens with two attached hydrogens (primary N) is 1. The number of carbonyl (C=O) groups excluding carboxylic acids is 1. The number of nitrogens with zero attached hydrogens (tertiary/aromatic N) is 3. The molecule has 100 valence electrons. The summed E-state index contributed by atoms with van der Waals surface area (Å²) in [4.78, 5) is 17.4. The molecular weight excluding hydrogens is 274 g/mol. The summed E-state index contributed by atoms with van der Waals surface area (Å²) in [6.07, 6.45) is 4.87. The lowest BCUT2D eigenvalue weighted by molar-refractivity contribution is 0.103. The lowest BCUT2D eigenvalue weighted by atomic mass is 10.2. The maximum atomic E-state index is 12.3. The monoisotopic (exact) mass is 285 g/mol. The van der Waals surface area contributed by atoms with Crippen molar-refractivity contribution in [1.82, 2.24) is 15.2 Å². The normalized spacial score (nSPS) is 10.7. The molecule has 20 heavy (non-hydrogen) atoms. The van der Waals surface area contributed by atoms with Crippen LogP contribution in [0.1, 0.15) is 15.2 Å². The molecular formula is C13H11N5OS. The summed E-state index contributed by atoms with van der Waals surface area (Å²) in [5.74, 6) is -0.266. The second-order valence-electron chi connectivity index (χ2n) is 4.30. The van der Waals surface area contributed by atoms with E-state index in [4.69, 9.17) is 5.73 Å². The highest BCUT2D eigenvalue weighted by Crippen LogP contribution is 2.31. The zero-order valence-electron chi connectivity index (χ0n) is 10.6. The van der Waals surface area contributed by atoms with E-state index in [2.05, 4.69) is 20.5 Å². The van der Waals surface area contributed by atoms with E-state index in [9.17, 15) is 4.79 Å². The molecule has 0 saturated heterocycles. The molecule has 3 N–H and O–H groups in total. The Morgan fingerprint density at radius 2 is 2.25 bits per heavy atom. The molecule has 0 saturated carbocycles. The van der Waals surface area contributed by atoms with Gasteiger partial charge in [-0.25, -0.2) is 0 Å². The molecule has 0 bridgehead atoms. The van der Waals surface area contributed by atoms with Crippen molar-refractivity contribution >= 4 is 38.8 Å². The first kappa shape index (κ1) is 12.5. The molecule has 0 aliphatic heterocycles. The summed E-state index contributed by atoms with van der Waals surface area (Å²) in [5, 5.41) is 11.3. The van der Waals surface area contributed by atoms with Crippen molar-refractivity contribution in [2.45, 2.75) is 6.92 Å². The summed E-state index contributed by atoms with van der Waals surface area (Å²) < 4.78 is 0. The minimum Gasteiger partial charge on any atom is -0.397 e. The zero-order valence-corrected chi connectivity index (χ0v) is 11.4. The van der Waals surface area contributed by atoms with Crippen LogP contribution in [-0.4, -0.2) is 21.1 Å². The number of hydrogen-bond donors (Lipinski definition) is 2. The van der Waals surface area contributed by atoms with Crippen LogP contribution in [0.5, 0.6) is 0 Å². The summed E-state index contributed by atoms with van der Waals surface area (Å²) in [7, 11) is 0. The van der Waals surface area contributed by atoms with Crippen molar-refractivity contribution in [3.63, 3.8) is 0 Å². The van der Waals surface area contributed by atoms with E-state index in [0.29, 0.717) is 21.1 Å². The summed E-state index contributed by atoms with van der Waals surface area (Å²) >= 11 is 1.22. The third-order valence-corrected chi connectivity index (χ3v) is 3.86. The van der Waals surface area contributed by atoms with Gasteiger partial charge in [-0.05, 0) is 24.6 Å². The van der Waals surface area contributed by atoms with Crippen LogP contribution in [0.3, 0.4) is 0 Å². The lowest BCUT2D eigenvalue weighted by Crippen LogP contribution is -2.12. The maximum Gasteiger partial charge on any atom is 0.267 e. The van der Waals surface area contributed by atoms with Gasteiger partial charge in [0.1, 0.15) is 9.71 Å². The Morgan fingerprint density at radius 3 is 3.00 bits per heavy atom. The van der Waals surface area contributed by atoms with Crippen LogP contribution >= 0.6 is 11.3 Å². The summed E-state index contributed by atoms with van der Waals surface area (Å²) in [5.41, 5.74) is 8.03. The van der Waals surface area contributed by atoms with Crippen LogP contribution in [0.25, 0.3) is 10.2 Å². The van der Waals surface area contributed by atoms with Gasteiger partial charge in [0, 0.05) is 11.6 Å². The number of aromatic nitrogens is 3. The van der Waals surface area contributed by atoms with E-state index in [-0.39, 0.29) is 5.91 Å². The highest BCUT2D eigenvalue weighted by atomic mass is 32.1. The molecule has 3 aromatic rings. The average Bonchev–Trinajstić information content (AvgIpc) is 2.77. The molecule has 0 atom stereocenters. The number of pyridine rings is 1. The van der Waals surface area contributed by atoms with Crippen molar-refractivity contribution in [1.29, 1.82) is 0 Å². The maximum absolute atomic E-state index is 12.3. The molecule has 7 heteroatoms. The molecule has 0 spiro atoms. The van der Waals surface area contributed by atoms with Gasteiger partial charge in [0.15, 0.2) is 0 Å². The third kappa shape index (κ3) is 2.19. The van der Waals surface area contributed by atoms with Gasteiger partial charge in [0.25, 0.3) is 5.91 Å². The van der Waals surface area contributed by atoms with Gasteiger partial charge in [-0.2, -0.15) is 5.10 Å². The minimum absolute atomic E-state index is 0.266. The van der Waals surface area contributed by atoms with Crippen LogP contribution in [-0.2, 0) is 0 Å². The number of aryl methyl sites for hydroxylation is 1. The minimum atomic E-state index is -0.266. The summed E-state index contributed by atoms with van der Waals surface area (Å²) in [6.45, 7) is 1.91. The molecule has 0 fully saturated rings. The first-order valence-corrected chi connectivity index (χ1v) is 6.69. The molecule has 0 unspecified atom stereocenters. The number of nitrogens with one attached hydrogen (secondary N) is 1. The fourth-order valence-corrected chi connectivity index (χ4v) is 2.79. The predicted molar refractivity (Wildman–Crippen MR) is 78.8 cm³/mol. The third-order valence-electron chi connectivity index (χ3n) is 2.76. The largest absolute Gasteiger partial charge is 0.397 e. The van der Waals surface area contributed by atoms with Gasteiger partial charge in [-0.1, -0.05) is 0 Å².